The zero-order valence-electron chi connectivity index (χ0n) is 12.9. The lowest BCUT2D eigenvalue weighted by atomic mass is 9.94. The third kappa shape index (κ3) is 2.65. The van der Waals surface area contributed by atoms with Crippen LogP contribution in [0.1, 0.15) is 46.9 Å². The molecule has 1 atom stereocenters. The van der Waals surface area contributed by atoms with Crippen molar-refractivity contribution in [2.75, 3.05) is 0 Å². The number of carbonyl (C=O) groups excluding carboxylic acids is 1. The molecule has 1 heterocycles. The molecule has 22 heavy (non-hydrogen) atoms. The number of halogens is 1. The van der Waals surface area contributed by atoms with Crippen LogP contribution in [0.15, 0.2) is 24.3 Å². The molecule has 5 heteroatoms. The fourth-order valence-corrected chi connectivity index (χ4v) is 3.82. The number of nitrogens with one attached hydrogen (secondary N) is 1. The minimum atomic E-state index is -0.477. The maximum atomic E-state index is 13.1. The first-order valence-corrected chi connectivity index (χ1v) is 8.25. The quantitative estimate of drug-likeness (QED) is 0.931. The van der Waals surface area contributed by atoms with Crippen molar-refractivity contribution in [1.82, 2.24) is 10.3 Å². The average molecular weight is 318 g/mol. The number of aromatic nitrogens is 1. The molecule has 3 rings (SSSR count). The summed E-state index contributed by atoms with van der Waals surface area (Å²) in [5.74, 6) is -0.249. The maximum Gasteiger partial charge on any atom is 0.231 e. The highest BCUT2D eigenvalue weighted by atomic mass is 32.1. The number of carbonyl (C=O) groups is 1. The predicted octanol–water partition coefficient (Wildman–Crippen LogP) is 3.81. The molecule has 1 fully saturated rings. The van der Waals surface area contributed by atoms with Crippen LogP contribution in [0.4, 0.5) is 4.39 Å². The molecule has 3 nitrogen and oxygen atoms in total. The Morgan fingerprint density at radius 2 is 1.95 bits per heavy atom. The van der Waals surface area contributed by atoms with Crippen LogP contribution >= 0.6 is 11.3 Å². The summed E-state index contributed by atoms with van der Waals surface area (Å²) in [6.45, 7) is 5.92. The van der Waals surface area contributed by atoms with E-state index in [1.165, 1.54) is 12.1 Å². The van der Waals surface area contributed by atoms with Crippen molar-refractivity contribution < 1.29 is 9.18 Å². The number of hydrogen-bond acceptors (Lipinski definition) is 3. The Labute approximate surface area is 133 Å². The van der Waals surface area contributed by atoms with Crippen molar-refractivity contribution in [1.29, 1.82) is 0 Å². The van der Waals surface area contributed by atoms with Gasteiger partial charge < -0.3 is 5.32 Å². The van der Waals surface area contributed by atoms with E-state index in [0.29, 0.717) is 0 Å². The van der Waals surface area contributed by atoms with Crippen LogP contribution in [0.2, 0.25) is 0 Å². The lowest BCUT2D eigenvalue weighted by Crippen LogP contribution is -2.36. The van der Waals surface area contributed by atoms with Crippen LogP contribution in [-0.4, -0.2) is 10.9 Å². The van der Waals surface area contributed by atoms with E-state index in [1.807, 2.05) is 20.8 Å². The van der Waals surface area contributed by atoms with Crippen LogP contribution < -0.4 is 5.32 Å². The monoisotopic (exact) mass is 318 g/mol. The van der Waals surface area contributed by atoms with E-state index in [4.69, 9.17) is 0 Å². The standard InChI is InChI=1S/C17H19FN2OS/c1-10-15(22-12(3)19-10)11(2)20-16(21)17(8-9-17)13-4-6-14(18)7-5-13/h4-7,11H,8-9H2,1-3H3,(H,20,21)/t11-/m0/s1. The van der Waals surface area contributed by atoms with Gasteiger partial charge in [-0.3, -0.25) is 4.79 Å². The molecule has 1 N–H and O–H groups in total. The number of rotatable bonds is 4. The van der Waals surface area contributed by atoms with E-state index >= 15 is 0 Å². The molecule has 1 aromatic carbocycles. The fraction of sp³-hybridized carbons (Fsp3) is 0.412. The number of thiazole rings is 1. The van der Waals surface area contributed by atoms with Crippen molar-refractivity contribution >= 4 is 17.2 Å². The van der Waals surface area contributed by atoms with Crippen molar-refractivity contribution in [2.24, 2.45) is 0 Å². The number of nitrogens with zero attached hydrogens (tertiary/aromatic N) is 1. The minimum Gasteiger partial charge on any atom is -0.348 e. The summed E-state index contributed by atoms with van der Waals surface area (Å²) in [6.07, 6.45) is 1.63. The van der Waals surface area contributed by atoms with Crippen molar-refractivity contribution in [3.05, 3.63) is 51.2 Å². The van der Waals surface area contributed by atoms with Gasteiger partial charge >= 0.3 is 0 Å². The molecule has 1 amide bonds. The Bertz CT molecular complexity index is 704. The molecule has 0 bridgehead atoms. The zero-order chi connectivity index (χ0) is 15.9. The molecule has 0 aliphatic heterocycles. The molecule has 0 radical (unpaired) electrons. The molecule has 1 aromatic heterocycles. The van der Waals surface area contributed by atoms with Gasteiger partial charge in [-0.25, -0.2) is 9.37 Å². The van der Waals surface area contributed by atoms with Gasteiger partial charge in [0.25, 0.3) is 0 Å². The van der Waals surface area contributed by atoms with Crippen molar-refractivity contribution in [2.45, 2.75) is 45.1 Å². The molecule has 1 saturated carbocycles. The summed E-state index contributed by atoms with van der Waals surface area (Å²) in [5, 5.41) is 4.11. The second-order valence-electron chi connectivity index (χ2n) is 5.97. The highest BCUT2D eigenvalue weighted by Crippen LogP contribution is 2.48. The SMILES string of the molecule is Cc1nc(C)c([C@H](C)NC(=O)C2(c3ccc(F)cc3)CC2)s1. The normalized spacial score (nSPS) is 17.1. The van der Waals surface area contributed by atoms with Crippen molar-refractivity contribution in [3.63, 3.8) is 0 Å². The van der Waals surface area contributed by atoms with Gasteiger partial charge in [-0.15, -0.1) is 11.3 Å². The van der Waals surface area contributed by atoms with Gasteiger partial charge in [-0.2, -0.15) is 0 Å². The van der Waals surface area contributed by atoms with Gasteiger partial charge in [0.2, 0.25) is 5.91 Å². The third-order valence-electron chi connectivity index (χ3n) is 4.26. The predicted molar refractivity (Wildman–Crippen MR) is 85.5 cm³/mol. The number of amides is 1. The van der Waals surface area contributed by atoms with Crippen LogP contribution in [-0.2, 0) is 10.2 Å². The van der Waals surface area contributed by atoms with E-state index in [-0.39, 0.29) is 17.8 Å². The first-order valence-electron chi connectivity index (χ1n) is 7.43. The summed E-state index contributed by atoms with van der Waals surface area (Å²) in [6, 6.07) is 6.21. The van der Waals surface area contributed by atoms with Crippen LogP contribution in [0, 0.1) is 19.7 Å². The second kappa shape index (κ2) is 5.47. The van der Waals surface area contributed by atoms with Crippen LogP contribution in [0.25, 0.3) is 0 Å². The molecule has 1 aliphatic carbocycles. The Balaban J connectivity index is 1.77. The Hall–Kier alpha value is -1.75. The van der Waals surface area contributed by atoms with Crippen LogP contribution in [0.3, 0.4) is 0 Å². The van der Waals surface area contributed by atoms with Gasteiger partial charge in [0.05, 0.1) is 22.2 Å². The second-order valence-corrected chi connectivity index (χ2v) is 7.20. The summed E-state index contributed by atoms with van der Waals surface area (Å²) < 4.78 is 13.1. The minimum absolute atomic E-state index is 0.0251. The van der Waals surface area contributed by atoms with E-state index < -0.39 is 5.41 Å². The maximum absolute atomic E-state index is 13.1. The van der Waals surface area contributed by atoms with Gasteiger partial charge in [0.15, 0.2) is 0 Å². The molecular weight excluding hydrogens is 299 g/mol. The highest BCUT2D eigenvalue weighted by Gasteiger charge is 2.51. The topological polar surface area (TPSA) is 42.0 Å². The first kappa shape index (κ1) is 15.2. The van der Waals surface area contributed by atoms with E-state index in [0.717, 1.165) is 34.0 Å². The zero-order valence-corrected chi connectivity index (χ0v) is 13.8. The van der Waals surface area contributed by atoms with Gasteiger partial charge in [-0.1, -0.05) is 12.1 Å². The molecule has 0 unspecified atom stereocenters. The summed E-state index contributed by atoms with van der Waals surface area (Å²) in [7, 11) is 0. The van der Waals surface area contributed by atoms with Crippen molar-refractivity contribution in [3.8, 4) is 0 Å². The van der Waals surface area contributed by atoms with E-state index in [2.05, 4.69) is 10.3 Å². The highest BCUT2D eigenvalue weighted by molar-refractivity contribution is 7.11. The summed E-state index contributed by atoms with van der Waals surface area (Å²) in [4.78, 5) is 18.2. The molecule has 1 aliphatic rings. The Kier molecular flexibility index (Phi) is 3.77. The smallest absolute Gasteiger partial charge is 0.231 e. The van der Waals surface area contributed by atoms with E-state index in [9.17, 15) is 9.18 Å². The molecule has 116 valence electrons. The Morgan fingerprint density at radius 1 is 1.32 bits per heavy atom. The average Bonchev–Trinajstić information content (AvgIpc) is 3.20. The lowest BCUT2D eigenvalue weighted by Gasteiger charge is -2.19. The number of hydrogen-bond donors (Lipinski definition) is 1. The summed E-state index contributed by atoms with van der Waals surface area (Å²) >= 11 is 1.62. The number of benzene rings is 1. The largest absolute Gasteiger partial charge is 0.348 e. The third-order valence-corrected chi connectivity index (χ3v) is 5.52. The first-order chi connectivity index (χ1) is 10.4. The molecule has 2 aromatic rings. The van der Waals surface area contributed by atoms with Crippen LogP contribution in [0.5, 0.6) is 0 Å². The van der Waals surface area contributed by atoms with Gasteiger partial charge in [-0.05, 0) is 51.3 Å². The lowest BCUT2D eigenvalue weighted by molar-refractivity contribution is -0.124. The molecule has 0 saturated heterocycles. The Morgan fingerprint density at radius 3 is 2.45 bits per heavy atom. The summed E-state index contributed by atoms with van der Waals surface area (Å²) in [5.41, 5.74) is 1.40. The van der Waals surface area contributed by atoms with Gasteiger partial charge in [0, 0.05) is 4.88 Å². The fourth-order valence-electron chi connectivity index (χ4n) is 2.89. The number of aryl methyl sites for hydroxylation is 2. The molecule has 0 spiro atoms. The van der Waals surface area contributed by atoms with Gasteiger partial charge in [0.1, 0.15) is 5.82 Å². The molecular formula is C17H19FN2OS. The van der Waals surface area contributed by atoms with E-state index in [1.54, 1.807) is 23.5 Å².